The van der Waals surface area contributed by atoms with E-state index < -0.39 is 0 Å². The van der Waals surface area contributed by atoms with Gasteiger partial charge in [0.15, 0.2) is 0 Å². The second-order valence-corrected chi connectivity index (χ2v) is 5.94. The maximum Gasteiger partial charge on any atom is 0.144 e. The summed E-state index contributed by atoms with van der Waals surface area (Å²) in [6.07, 6.45) is 10.5. The summed E-state index contributed by atoms with van der Waals surface area (Å²) in [5.41, 5.74) is 7.80. The van der Waals surface area contributed by atoms with Gasteiger partial charge in [-0.25, -0.2) is 0 Å². The lowest BCUT2D eigenvalue weighted by atomic mass is 10.1. The van der Waals surface area contributed by atoms with E-state index in [2.05, 4.69) is 11.8 Å². The van der Waals surface area contributed by atoms with Crippen molar-refractivity contribution in [2.45, 2.75) is 58.3 Å². The van der Waals surface area contributed by atoms with E-state index in [1.807, 2.05) is 32.3 Å². The van der Waals surface area contributed by atoms with Crippen molar-refractivity contribution in [1.29, 1.82) is 0 Å². The molecule has 1 aromatic carbocycles. The Morgan fingerprint density at radius 3 is 2.19 bits per heavy atom. The molecule has 0 radical (unpaired) electrons. The van der Waals surface area contributed by atoms with Crippen LogP contribution in [-0.2, 0) is 0 Å². The van der Waals surface area contributed by atoms with Gasteiger partial charge in [0.2, 0.25) is 0 Å². The molecule has 3 nitrogen and oxygen atoms in total. The first-order valence-corrected chi connectivity index (χ1v) is 8.34. The van der Waals surface area contributed by atoms with Crippen molar-refractivity contribution in [2.24, 2.45) is 0 Å². The van der Waals surface area contributed by atoms with Gasteiger partial charge in [0, 0.05) is 25.8 Å². The smallest absolute Gasteiger partial charge is 0.144 e. The Morgan fingerprint density at radius 1 is 0.952 bits per heavy atom. The molecular formula is C18H32N2O. The second-order valence-electron chi connectivity index (χ2n) is 5.94. The van der Waals surface area contributed by atoms with Crippen molar-refractivity contribution in [3.05, 3.63) is 18.2 Å². The van der Waals surface area contributed by atoms with E-state index in [1.54, 1.807) is 0 Å². The Labute approximate surface area is 130 Å². The maximum atomic E-state index is 5.95. The van der Waals surface area contributed by atoms with Crippen molar-refractivity contribution in [3.63, 3.8) is 0 Å². The van der Waals surface area contributed by atoms with Gasteiger partial charge in [-0.1, -0.05) is 51.9 Å². The van der Waals surface area contributed by atoms with Crippen LogP contribution in [0.2, 0.25) is 0 Å². The molecule has 0 heterocycles. The number of benzene rings is 1. The Balaban J connectivity index is 2.16. The number of anilines is 2. The molecule has 0 unspecified atom stereocenters. The minimum Gasteiger partial charge on any atom is -0.491 e. The molecule has 0 aliphatic heterocycles. The summed E-state index contributed by atoms with van der Waals surface area (Å²) in [5, 5.41) is 0. The van der Waals surface area contributed by atoms with Crippen molar-refractivity contribution in [3.8, 4) is 5.75 Å². The summed E-state index contributed by atoms with van der Waals surface area (Å²) in [4.78, 5) is 2.06. The molecule has 3 heteroatoms. The molecule has 0 amide bonds. The van der Waals surface area contributed by atoms with Gasteiger partial charge in [0.05, 0.1) is 12.3 Å². The Kier molecular flexibility index (Phi) is 8.72. The standard InChI is InChI=1S/C18H32N2O/c1-4-5-6-7-8-9-10-11-14-21-18-15-16(20(2)3)12-13-17(18)19/h12-13,15H,4-11,14,19H2,1-3H3. The van der Waals surface area contributed by atoms with Gasteiger partial charge in [-0.3, -0.25) is 0 Å². The molecule has 0 fully saturated rings. The highest BCUT2D eigenvalue weighted by Crippen LogP contribution is 2.27. The summed E-state index contributed by atoms with van der Waals surface area (Å²) in [6.45, 7) is 3.02. The lowest BCUT2D eigenvalue weighted by molar-refractivity contribution is 0.306. The molecule has 21 heavy (non-hydrogen) atoms. The van der Waals surface area contributed by atoms with Gasteiger partial charge in [-0.2, -0.15) is 0 Å². The first-order chi connectivity index (χ1) is 10.1. The van der Waals surface area contributed by atoms with E-state index in [-0.39, 0.29) is 0 Å². The monoisotopic (exact) mass is 292 g/mol. The molecule has 120 valence electrons. The van der Waals surface area contributed by atoms with Gasteiger partial charge in [0.25, 0.3) is 0 Å². The maximum absolute atomic E-state index is 5.95. The first kappa shape index (κ1) is 17.7. The third-order valence-electron chi connectivity index (χ3n) is 3.77. The topological polar surface area (TPSA) is 38.5 Å². The minimum absolute atomic E-state index is 0.722. The Morgan fingerprint density at radius 2 is 1.57 bits per heavy atom. The molecule has 0 atom stereocenters. The third kappa shape index (κ3) is 7.26. The van der Waals surface area contributed by atoms with E-state index in [4.69, 9.17) is 10.5 Å². The molecule has 0 bridgehead atoms. The quantitative estimate of drug-likeness (QED) is 0.468. The summed E-state index contributed by atoms with van der Waals surface area (Å²) >= 11 is 0. The number of unbranched alkanes of at least 4 members (excludes halogenated alkanes) is 7. The Hall–Kier alpha value is -1.38. The Bertz CT molecular complexity index is 391. The second kappa shape index (κ2) is 10.4. The number of ether oxygens (including phenoxy) is 1. The number of hydrogen-bond acceptors (Lipinski definition) is 3. The lowest BCUT2D eigenvalue weighted by Gasteiger charge is -2.15. The number of rotatable bonds is 11. The van der Waals surface area contributed by atoms with Crippen LogP contribution >= 0.6 is 0 Å². The van der Waals surface area contributed by atoms with Crippen molar-refractivity contribution in [1.82, 2.24) is 0 Å². The van der Waals surface area contributed by atoms with Crippen LogP contribution in [0, 0.1) is 0 Å². The van der Waals surface area contributed by atoms with Gasteiger partial charge < -0.3 is 15.4 Å². The molecule has 1 aromatic rings. The van der Waals surface area contributed by atoms with Crippen LogP contribution in [0.4, 0.5) is 11.4 Å². The summed E-state index contributed by atoms with van der Waals surface area (Å²) in [7, 11) is 4.04. The average Bonchev–Trinajstić information content (AvgIpc) is 2.47. The van der Waals surface area contributed by atoms with Crippen LogP contribution in [0.3, 0.4) is 0 Å². The van der Waals surface area contributed by atoms with Crippen molar-refractivity contribution >= 4 is 11.4 Å². The zero-order valence-electron chi connectivity index (χ0n) is 14.0. The molecule has 0 aromatic heterocycles. The van der Waals surface area contributed by atoms with Crippen LogP contribution in [0.1, 0.15) is 58.3 Å². The van der Waals surface area contributed by atoms with Gasteiger partial charge in [-0.15, -0.1) is 0 Å². The average molecular weight is 292 g/mol. The summed E-state index contributed by atoms with van der Waals surface area (Å²) < 4.78 is 5.82. The van der Waals surface area contributed by atoms with E-state index in [9.17, 15) is 0 Å². The molecule has 0 aliphatic rings. The molecule has 0 saturated heterocycles. The van der Waals surface area contributed by atoms with E-state index in [1.165, 1.54) is 44.9 Å². The van der Waals surface area contributed by atoms with E-state index >= 15 is 0 Å². The fraction of sp³-hybridized carbons (Fsp3) is 0.667. The highest BCUT2D eigenvalue weighted by Gasteiger charge is 2.03. The lowest BCUT2D eigenvalue weighted by Crippen LogP contribution is -2.09. The SMILES string of the molecule is CCCCCCCCCCOc1cc(N(C)C)ccc1N. The van der Waals surface area contributed by atoms with Crippen LogP contribution in [0.5, 0.6) is 5.75 Å². The number of nitrogens with zero attached hydrogens (tertiary/aromatic N) is 1. The summed E-state index contributed by atoms with van der Waals surface area (Å²) in [6, 6.07) is 5.94. The molecule has 0 spiro atoms. The molecular weight excluding hydrogens is 260 g/mol. The number of nitrogens with two attached hydrogens (primary N) is 1. The molecule has 1 rings (SSSR count). The van der Waals surface area contributed by atoms with E-state index in [0.717, 1.165) is 30.2 Å². The predicted octanol–water partition coefficient (Wildman–Crippen LogP) is 4.85. The van der Waals surface area contributed by atoms with Gasteiger partial charge in [-0.05, 0) is 18.6 Å². The summed E-state index contributed by atoms with van der Waals surface area (Å²) in [5.74, 6) is 0.809. The largest absolute Gasteiger partial charge is 0.491 e. The first-order valence-electron chi connectivity index (χ1n) is 8.34. The third-order valence-corrected chi connectivity index (χ3v) is 3.77. The molecule has 0 saturated carbocycles. The fourth-order valence-electron chi connectivity index (χ4n) is 2.34. The normalized spacial score (nSPS) is 10.6. The zero-order valence-corrected chi connectivity index (χ0v) is 14.0. The van der Waals surface area contributed by atoms with Gasteiger partial charge >= 0.3 is 0 Å². The van der Waals surface area contributed by atoms with Crippen LogP contribution in [-0.4, -0.2) is 20.7 Å². The molecule has 2 N–H and O–H groups in total. The highest BCUT2D eigenvalue weighted by molar-refractivity contribution is 5.61. The predicted molar refractivity (Wildman–Crippen MR) is 93.3 cm³/mol. The minimum atomic E-state index is 0.722. The van der Waals surface area contributed by atoms with E-state index in [0.29, 0.717) is 0 Å². The molecule has 0 aliphatic carbocycles. The highest BCUT2D eigenvalue weighted by atomic mass is 16.5. The van der Waals surface area contributed by atoms with Crippen molar-refractivity contribution < 1.29 is 4.74 Å². The van der Waals surface area contributed by atoms with Gasteiger partial charge in [0.1, 0.15) is 5.75 Å². The van der Waals surface area contributed by atoms with Crippen molar-refractivity contribution in [2.75, 3.05) is 31.3 Å². The fourth-order valence-corrected chi connectivity index (χ4v) is 2.34. The zero-order chi connectivity index (χ0) is 15.5. The van der Waals surface area contributed by atoms with Crippen LogP contribution < -0.4 is 15.4 Å². The van der Waals surface area contributed by atoms with Crippen LogP contribution in [0.15, 0.2) is 18.2 Å². The van der Waals surface area contributed by atoms with Crippen LogP contribution in [0.25, 0.3) is 0 Å². The number of hydrogen-bond donors (Lipinski definition) is 1. The number of nitrogen functional groups attached to an aromatic ring is 1.